The molecule has 1 N–H and O–H groups in total. The lowest BCUT2D eigenvalue weighted by molar-refractivity contribution is 0.617. The summed E-state index contributed by atoms with van der Waals surface area (Å²) >= 11 is 7.31. The minimum atomic E-state index is -0.545. The lowest BCUT2D eigenvalue weighted by Crippen LogP contribution is -2.29. The molecule has 3 aromatic rings. The van der Waals surface area contributed by atoms with Crippen molar-refractivity contribution in [1.82, 2.24) is 19.1 Å². The van der Waals surface area contributed by atoms with Crippen LogP contribution in [0.5, 0.6) is 0 Å². The van der Waals surface area contributed by atoms with E-state index >= 15 is 0 Å². The van der Waals surface area contributed by atoms with Crippen LogP contribution in [0.3, 0.4) is 0 Å². The molecule has 136 valence electrons. The number of rotatable bonds is 5. The van der Waals surface area contributed by atoms with E-state index in [-0.39, 0.29) is 16.9 Å². The molecule has 0 spiro atoms. The molecule has 2 aromatic heterocycles. The Hall–Kier alpha value is -2.32. The predicted molar refractivity (Wildman–Crippen MR) is 101 cm³/mol. The van der Waals surface area contributed by atoms with Gasteiger partial charge in [0.15, 0.2) is 16.3 Å². The van der Waals surface area contributed by atoms with Gasteiger partial charge in [0.25, 0.3) is 5.56 Å². The molecule has 0 aliphatic heterocycles. The number of nitrogens with one attached hydrogen (secondary N) is 1. The Balaban J connectivity index is 2.11. The molecule has 0 amide bonds. The zero-order valence-corrected chi connectivity index (χ0v) is 15.7. The fraction of sp³-hybridized carbons (Fsp3) is 0.235. The van der Waals surface area contributed by atoms with Crippen molar-refractivity contribution in [3.05, 3.63) is 67.6 Å². The second-order valence-electron chi connectivity index (χ2n) is 5.92. The van der Waals surface area contributed by atoms with Gasteiger partial charge in [0.05, 0.1) is 0 Å². The van der Waals surface area contributed by atoms with Crippen molar-refractivity contribution in [2.24, 2.45) is 7.05 Å². The number of allylic oxidation sites excluding steroid dienone is 1. The van der Waals surface area contributed by atoms with Gasteiger partial charge >= 0.3 is 5.69 Å². The Morgan fingerprint density at radius 1 is 1.42 bits per heavy atom. The smallest absolute Gasteiger partial charge is 0.309 e. The van der Waals surface area contributed by atoms with E-state index in [9.17, 15) is 14.0 Å². The quantitative estimate of drug-likeness (QED) is 0.533. The third-order valence-corrected chi connectivity index (χ3v) is 5.16. The first-order valence-electron chi connectivity index (χ1n) is 7.69. The maximum atomic E-state index is 14.0. The number of aromatic nitrogens is 4. The van der Waals surface area contributed by atoms with Crippen LogP contribution in [-0.2, 0) is 19.3 Å². The molecule has 3 rings (SSSR count). The van der Waals surface area contributed by atoms with E-state index < -0.39 is 17.1 Å². The minimum absolute atomic E-state index is 0.233. The minimum Gasteiger partial charge on any atom is -0.309 e. The third kappa shape index (κ3) is 3.34. The normalized spacial score (nSPS) is 11.2. The summed E-state index contributed by atoms with van der Waals surface area (Å²) in [4.78, 5) is 30.8. The molecule has 6 nitrogen and oxygen atoms in total. The Morgan fingerprint density at radius 3 is 2.81 bits per heavy atom. The highest BCUT2D eigenvalue weighted by Gasteiger charge is 2.18. The first kappa shape index (κ1) is 18.5. The van der Waals surface area contributed by atoms with Crippen molar-refractivity contribution >= 4 is 34.5 Å². The van der Waals surface area contributed by atoms with Gasteiger partial charge in [-0.3, -0.25) is 14.3 Å². The van der Waals surface area contributed by atoms with E-state index in [0.717, 1.165) is 5.57 Å². The number of aromatic amines is 1. The van der Waals surface area contributed by atoms with Crippen LogP contribution >= 0.6 is 23.4 Å². The molecule has 0 aliphatic carbocycles. The number of benzene rings is 1. The summed E-state index contributed by atoms with van der Waals surface area (Å²) in [6.07, 6.45) is 0. The average molecular weight is 395 g/mol. The molecule has 0 fully saturated rings. The van der Waals surface area contributed by atoms with Gasteiger partial charge in [0.1, 0.15) is 5.82 Å². The molecule has 0 saturated heterocycles. The monoisotopic (exact) mass is 394 g/mol. The van der Waals surface area contributed by atoms with Crippen LogP contribution in [-0.4, -0.2) is 19.1 Å². The van der Waals surface area contributed by atoms with Crippen LogP contribution in [0.2, 0.25) is 5.02 Å². The van der Waals surface area contributed by atoms with Crippen LogP contribution in [0.15, 0.2) is 45.1 Å². The van der Waals surface area contributed by atoms with Crippen LogP contribution < -0.4 is 11.2 Å². The van der Waals surface area contributed by atoms with E-state index in [1.807, 2.05) is 6.92 Å². The van der Waals surface area contributed by atoms with Crippen molar-refractivity contribution in [3.8, 4) is 0 Å². The van der Waals surface area contributed by atoms with Gasteiger partial charge in [-0.25, -0.2) is 14.2 Å². The fourth-order valence-electron chi connectivity index (χ4n) is 2.55. The summed E-state index contributed by atoms with van der Waals surface area (Å²) in [6.45, 7) is 6.05. The van der Waals surface area contributed by atoms with Gasteiger partial charge in [-0.05, 0) is 19.1 Å². The SMILES string of the molecule is C=C(C)Cn1c(SCc2c(F)cccc2Cl)nc2c1c(=O)[nH]c(=O)n2C. The Bertz CT molecular complexity index is 1110. The van der Waals surface area contributed by atoms with Gasteiger partial charge in [-0.15, -0.1) is 0 Å². The number of hydrogen-bond donors (Lipinski definition) is 1. The molecule has 1 aromatic carbocycles. The highest BCUT2D eigenvalue weighted by molar-refractivity contribution is 7.98. The zero-order valence-electron chi connectivity index (χ0n) is 14.2. The maximum absolute atomic E-state index is 14.0. The zero-order chi connectivity index (χ0) is 19.0. The summed E-state index contributed by atoms with van der Waals surface area (Å²) in [5.41, 5.74) is 0.641. The molecule has 0 bridgehead atoms. The van der Waals surface area contributed by atoms with Crippen LogP contribution in [0.4, 0.5) is 4.39 Å². The first-order valence-corrected chi connectivity index (χ1v) is 9.05. The fourth-order valence-corrected chi connectivity index (χ4v) is 3.89. The molecule has 0 aliphatic rings. The lowest BCUT2D eigenvalue weighted by Gasteiger charge is -2.09. The molecule has 26 heavy (non-hydrogen) atoms. The number of aryl methyl sites for hydroxylation is 1. The molecular weight excluding hydrogens is 379 g/mol. The van der Waals surface area contributed by atoms with Gasteiger partial charge in [-0.1, -0.05) is 41.6 Å². The highest BCUT2D eigenvalue weighted by atomic mass is 35.5. The Labute approximate surface area is 157 Å². The molecule has 0 unspecified atom stereocenters. The number of H-pyrrole nitrogens is 1. The lowest BCUT2D eigenvalue weighted by atomic mass is 10.2. The van der Waals surface area contributed by atoms with E-state index in [4.69, 9.17) is 11.6 Å². The van der Waals surface area contributed by atoms with Crippen LogP contribution in [0.25, 0.3) is 11.2 Å². The van der Waals surface area contributed by atoms with Crippen LogP contribution in [0.1, 0.15) is 12.5 Å². The second-order valence-corrected chi connectivity index (χ2v) is 7.27. The van der Waals surface area contributed by atoms with Crippen molar-refractivity contribution in [3.63, 3.8) is 0 Å². The summed E-state index contributed by atoms with van der Waals surface area (Å²) in [5.74, 6) is -0.172. The molecule has 9 heteroatoms. The molecule has 0 saturated carbocycles. The second kappa shape index (κ2) is 7.13. The van der Waals surface area contributed by atoms with Crippen molar-refractivity contribution < 1.29 is 4.39 Å². The van der Waals surface area contributed by atoms with E-state index in [2.05, 4.69) is 16.5 Å². The number of imidazole rings is 1. The first-order chi connectivity index (χ1) is 12.3. The van der Waals surface area contributed by atoms with Crippen molar-refractivity contribution in [2.75, 3.05) is 0 Å². The summed E-state index contributed by atoms with van der Waals surface area (Å²) < 4.78 is 17.0. The molecule has 0 atom stereocenters. The van der Waals surface area contributed by atoms with E-state index in [1.54, 1.807) is 10.6 Å². The standard InChI is InChI=1S/C17H16ClFN4O2S/c1-9(2)7-23-13-14(22(3)16(25)21-15(13)24)20-17(23)26-8-10-11(18)5-4-6-12(10)19/h4-6H,1,7-8H2,2-3H3,(H,21,24,25). The van der Waals surface area contributed by atoms with Gasteiger partial charge in [0, 0.05) is 29.9 Å². The summed E-state index contributed by atoms with van der Waals surface area (Å²) in [7, 11) is 1.53. The summed E-state index contributed by atoms with van der Waals surface area (Å²) in [5, 5.41) is 0.805. The highest BCUT2D eigenvalue weighted by Crippen LogP contribution is 2.29. The third-order valence-electron chi connectivity index (χ3n) is 3.81. The number of halogens is 2. The largest absolute Gasteiger partial charge is 0.329 e. The van der Waals surface area contributed by atoms with Crippen molar-refractivity contribution in [1.29, 1.82) is 0 Å². The van der Waals surface area contributed by atoms with E-state index in [0.29, 0.717) is 22.3 Å². The van der Waals surface area contributed by atoms with Gasteiger partial charge < -0.3 is 4.57 Å². The Morgan fingerprint density at radius 2 is 2.15 bits per heavy atom. The number of nitrogens with zero attached hydrogens (tertiary/aromatic N) is 3. The number of fused-ring (bicyclic) bond motifs is 1. The van der Waals surface area contributed by atoms with Crippen molar-refractivity contribution in [2.45, 2.75) is 24.4 Å². The van der Waals surface area contributed by atoms with Crippen LogP contribution in [0, 0.1) is 5.82 Å². The molecule has 0 radical (unpaired) electrons. The van der Waals surface area contributed by atoms with Gasteiger partial charge in [0.2, 0.25) is 0 Å². The van der Waals surface area contributed by atoms with Gasteiger partial charge in [-0.2, -0.15) is 0 Å². The topological polar surface area (TPSA) is 72.7 Å². The predicted octanol–water partition coefficient (Wildman–Crippen LogP) is 3.08. The molecule has 2 heterocycles. The Kier molecular flexibility index (Phi) is 5.06. The number of hydrogen-bond acceptors (Lipinski definition) is 4. The summed E-state index contributed by atoms with van der Waals surface area (Å²) in [6, 6.07) is 4.50. The average Bonchev–Trinajstić information content (AvgIpc) is 2.91. The molecular formula is C17H16ClFN4O2S. The number of thioether (sulfide) groups is 1. The van der Waals surface area contributed by atoms with E-state index in [1.165, 1.54) is 35.5 Å². The maximum Gasteiger partial charge on any atom is 0.329 e.